The summed E-state index contributed by atoms with van der Waals surface area (Å²) in [5.41, 5.74) is 2.10. The van der Waals surface area contributed by atoms with Gasteiger partial charge in [-0.05, 0) is 55.5 Å². The standard InChI is InChI=1S/C22H18ClN5O5/c1-3-33-21-8-4-13(10-19(21)28(30)31)22(29)24-14-5-7-17-18(11-14)26-27(25-17)15-6-9-20(32-2)16(23)12-15/h4-12H,3H2,1-2H3,(H,24,29). The predicted octanol–water partition coefficient (Wildman–Crippen LogP) is 4.64. The molecule has 0 spiro atoms. The van der Waals surface area contributed by atoms with Gasteiger partial charge in [0.15, 0.2) is 5.75 Å². The first-order chi connectivity index (χ1) is 15.9. The zero-order valence-corrected chi connectivity index (χ0v) is 18.4. The van der Waals surface area contributed by atoms with E-state index < -0.39 is 10.8 Å². The third-order valence-corrected chi connectivity index (χ3v) is 5.02. The number of amides is 1. The second-order valence-corrected chi connectivity index (χ2v) is 7.25. The molecule has 168 valence electrons. The van der Waals surface area contributed by atoms with Crippen LogP contribution in [0.3, 0.4) is 0 Å². The molecule has 0 aliphatic rings. The molecule has 0 saturated heterocycles. The lowest BCUT2D eigenvalue weighted by atomic mass is 10.1. The van der Waals surface area contributed by atoms with Gasteiger partial charge in [0.2, 0.25) is 0 Å². The van der Waals surface area contributed by atoms with Crippen molar-refractivity contribution in [3.63, 3.8) is 0 Å². The van der Waals surface area contributed by atoms with Gasteiger partial charge in [-0.25, -0.2) is 0 Å². The SMILES string of the molecule is CCOc1ccc(C(=O)Nc2ccc3nn(-c4ccc(OC)c(Cl)c4)nc3c2)cc1[N+](=O)[O-]. The van der Waals surface area contributed by atoms with Crippen molar-refractivity contribution in [1.82, 2.24) is 15.0 Å². The van der Waals surface area contributed by atoms with Crippen molar-refractivity contribution in [2.45, 2.75) is 6.92 Å². The van der Waals surface area contributed by atoms with Gasteiger partial charge in [-0.2, -0.15) is 4.80 Å². The molecule has 1 aromatic heterocycles. The number of ether oxygens (including phenoxy) is 2. The molecule has 0 saturated carbocycles. The molecule has 4 rings (SSSR count). The van der Waals surface area contributed by atoms with Gasteiger partial charge in [-0.1, -0.05) is 11.6 Å². The summed E-state index contributed by atoms with van der Waals surface area (Å²) in [6.07, 6.45) is 0. The maximum Gasteiger partial charge on any atom is 0.311 e. The topological polar surface area (TPSA) is 121 Å². The van der Waals surface area contributed by atoms with Gasteiger partial charge in [-0.3, -0.25) is 14.9 Å². The van der Waals surface area contributed by atoms with Crippen molar-refractivity contribution in [3.8, 4) is 17.2 Å². The van der Waals surface area contributed by atoms with Crippen LogP contribution in [0.4, 0.5) is 11.4 Å². The van der Waals surface area contributed by atoms with Gasteiger partial charge in [0.1, 0.15) is 16.8 Å². The average Bonchev–Trinajstić information content (AvgIpc) is 3.22. The van der Waals surface area contributed by atoms with Gasteiger partial charge in [0.25, 0.3) is 5.91 Å². The number of hydrogen-bond donors (Lipinski definition) is 1. The van der Waals surface area contributed by atoms with E-state index >= 15 is 0 Å². The molecule has 11 heteroatoms. The largest absolute Gasteiger partial charge is 0.495 e. The number of rotatable bonds is 7. The number of carbonyl (C=O) groups is 1. The molecule has 4 aromatic rings. The number of nitrogens with zero attached hydrogens (tertiary/aromatic N) is 4. The highest BCUT2D eigenvalue weighted by atomic mass is 35.5. The fraction of sp³-hybridized carbons (Fsp3) is 0.136. The molecule has 0 aliphatic carbocycles. The zero-order valence-electron chi connectivity index (χ0n) is 17.6. The first-order valence-corrected chi connectivity index (χ1v) is 10.2. The van der Waals surface area contributed by atoms with Crippen molar-refractivity contribution in [1.29, 1.82) is 0 Å². The summed E-state index contributed by atoms with van der Waals surface area (Å²) in [6.45, 7) is 2.00. The van der Waals surface area contributed by atoms with Gasteiger partial charge in [-0.15, -0.1) is 10.2 Å². The Bertz CT molecular complexity index is 1370. The zero-order chi connectivity index (χ0) is 23.5. The van der Waals surface area contributed by atoms with Crippen LogP contribution in [0.5, 0.6) is 11.5 Å². The third-order valence-electron chi connectivity index (χ3n) is 4.72. The first-order valence-electron chi connectivity index (χ1n) is 9.83. The molecule has 1 amide bonds. The molecule has 10 nitrogen and oxygen atoms in total. The third kappa shape index (κ3) is 4.55. The lowest BCUT2D eigenvalue weighted by Gasteiger charge is -2.07. The van der Waals surface area contributed by atoms with Crippen molar-refractivity contribution >= 4 is 39.9 Å². The number of carbonyl (C=O) groups excluding carboxylic acids is 1. The van der Waals surface area contributed by atoms with Gasteiger partial charge in [0, 0.05) is 17.3 Å². The molecule has 33 heavy (non-hydrogen) atoms. The van der Waals surface area contributed by atoms with Crippen LogP contribution in [0.25, 0.3) is 16.7 Å². The van der Waals surface area contributed by atoms with Crippen LogP contribution >= 0.6 is 11.6 Å². The highest BCUT2D eigenvalue weighted by Crippen LogP contribution is 2.29. The smallest absolute Gasteiger partial charge is 0.311 e. The van der Waals surface area contributed by atoms with Crippen LogP contribution in [0, 0.1) is 10.1 Å². The number of anilines is 1. The van der Waals surface area contributed by atoms with E-state index in [1.165, 1.54) is 30.1 Å². The van der Waals surface area contributed by atoms with Crippen LogP contribution in [-0.4, -0.2) is 39.5 Å². The first kappa shape index (κ1) is 22.0. The van der Waals surface area contributed by atoms with E-state index in [1.54, 1.807) is 43.3 Å². The summed E-state index contributed by atoms with van der Waals surface area (Å²) in [4.78, 5) is 24.8. The molecule has 0 fully saturated rings. The number of methoxy groups -OCH3 is 1. The molecular weight excluding hydrogens is 450 g/mol. The second-order valence-electron chi connectivity index (χ2n) is 6.84. The Morgan fingerprint density at radius 1 is 1.09 bits per heavy atom. The number of nitro groups is 1. The molecule has 1 N–H and O–H groups in total. The number of fused-ring (bicyclic) bond motifs is 1. The minimum absolute atomic E-state index is 0.107. The van der Waals surface area contributed by atoms with Gasteiger partial charge >= 0.3 is 5.69 Å². The molecule has 1 heterocycles. The van der Waals surface area contributed by atoms with Crippen molar-refractivity contribution in [3.05, 3.63) is 75.3 Å². The Kier molecular flexibility index (Phi) is 6.09. The fourth-order valence-corrected chi connectivity index (χ4v) is 3.42. The normalized spacial score (nSPS) is 10.8. The Balaban J connectivity index is 1.58. The van der Waals surface area contributed by atoms with Crippen molar-refractivity contribution in [2.75, 3.05) is 19.0 Å². The lowest BCUT2D eigenvalue weighted by Crippen LogP contribution is -2.12. The van der Waals surface area contributed by atoms with Crippen molar-refractivity contribution in [2.24, 2.45) is 0 Å². The van der Waals surface area contributed by atoms with Gasteiger partial charge in [0.05, 0.1) is 29.4 Å². The number of benzene rings is 3. The van der Waals surface area contributed by atoms with E-state index in [0.29, 0.717) is 33.2 Å². The summed E-state index contributed by atoms with van der Waals surface area (Å²) in [5, 5.41) is 23.3. The predicted molar refractivity (Wildman–Crippen MR) is 123 cm³/mol. The highest BCUT2D eigenvalue weighted by Gasteiger charge is 2.19. The number of halogens is 1. The van der Waals surface area contributed by atoms with Crippen LogP contribution in [0.1, 0.15) is 17.3 Å². The van der Waals surface area contributed by atoms with E-state index in [2.05, 4.69) is 15.5 Å². The minimum atomic E-state index is -0.586. The monoisotopic (exact) mass is 467 g/mol. The van der Waals surface area contributed by atoms with E-state index in [1.807, 2.05) is 0 Å². The average molecular weight is 468 g/mol. The summed E-state index contributed by atoms with van der Waals surface area (Å²) in [7, 11) is 1.53. The molecule has 0 aliphatic heterocycles. The number of hydrogen-bond acceptors (Lipinski definition) is 7. The summed E-state index contributed by atoms with van der Waals surface area (Å²) in [5.74, 6) is 0.141. The fourth-order valence-electron chi connectivity index (χ4n) is 3.17. The number of aromatic nitrogens is 3. The van der Waals surface area contributed by atoms with E-state index in [0.717, 1.165) is 0 Å². The van der Waals surface area contributed by atoms with Crippen LogP contribution < -0.4 is 14.8 Å². The lowest BCUT2D eigenvalue weighted by molar-refractivity contribution is -0.385. The Morgan fingerprint density at radius 2 is 1.85 bits per heavy atom. The minimum Gasteiger partial charge on any atom is -0.495 e. The number of nitro benzene ring substituents is 1. The van der Waals surface area contributed by atoms with E-state index in [9.17, 15) is 14.9 Å². The van der Waals surface area contributed by atoms with Crippen LogP contribution in [0.15, 0.2) is 54.6 Å². The summed E-state index contributed by atoms with van der Waals surface area (Å²) in [6, 6.07) is 14.3. The molecule has 3 aromatic carbocycles. The Morgan fingerprint density at radius 3 is 2.55 bits per heavy atom. The highest BCUT2D eigenvalue weighted by molar-refractivity contribution is 6.32. The van der Waals surface area contributed by atoms with Gasteiger partial charge < -0.3 is 14.8 Å². The molecule has 0 bridgehead atoms. The van der Waals surface area contributed by atoms with Crippen LogP contribution in [-0.2, 0) is 0 Å². The molecule has 0 radical (unpaired) electrons. The quantitative estimate of drug-likeness (QED) is 0.310. The molecule has 0 unspecified atom stereocenters. The van der Waals surface area contributed by atoms with E-state index in [4.69, 9.17) is 21.1 Å². The molecule has 0 atom stereocenters. The Labute approximate surface area is 192 Å². The molecular formula is C22H18ClN5O5. The van der Waals surface area contributed by atoms with E-state index in [-0.39, 0.29) is 23.6 Å². The maximum absolute atomic E-state index is 12.7. The maximum atomic E-state index is 12.7. The Hall–Kier alpha value is -4.18. The van der Waals surface area contributed by atoms with Crippen molar-refractivity contribution < 1.29 is 19.2 Å². The summed E-state index contributed by atoms with van der Waals surface area (Å²) >= 11 is 6.19. The summed E-state index contributed by atoms with van der Waals surface area (Å²) < 4.78 is 10.4. The second kappa shape index (κ2) is 9.13. The van der Waals surface area contributed by atoms with Crippen LogP contribution in [0.2, 0.25) is 5.02 Å². The number of nitrogens with one attached hydrogen (secondary N) is 1.